The fourth-order valence-corrected chi connectivity index (χ4v) is 1.96. The lowest BCUT2D eigenvalue weighted by Gasteiger charge is -2.07. The summed E-state index contributed by atoms with van der Waals surface area (Å²) in [5.41, 5.74) is 1.41. The zero-order chi connectivity index (χ0) is 14.4. The normalized spacial score (nSPS) is 9.80. The summed E-state index contributed by atoms with van der Waals surface area (Å²) in [4.78, 5) is 11.8. The minimum Gasteiger partial charge on any atom is -0.484 e. The molecule has 0 radical (unpaired) electrons. The van der Waals surface area contributed by atoms with Crippen molar-refractivity contribution in [2.24, 2.45) is 0 Å². The molecule has 0 N–H and O–H groups in total. The number of nitriles is 1. The van der Waals surface area contributed by atoms with E-state index in [0.29, 0.717) is 22.8 Å². The van der Waals surface area contributed by atoms with E-state index in [4.69, 9.17) is 21.6 Å². The van der Waals surface area contributed by atoms with Crippen molar-refractivity contribution >= 4 is 17.4 Å². The Balaban J connectivity index is 1.92. The number of carbonyl (C=O) groups excluding carboxylic acids is 1. The Hall–Kier alpha value is -2.31. The van der Waals surface area contributed by atoms with Crippen molar-refractivity contribution in [3.63, 3.8) is 0 Å². The molecule has 0 aliphatic rings. The van der Waals surface area contributed by atoms with Crippen LogP contribution in [-0.2, 0) is 11.2 Å². The molecule has 0 bridgehead atoms. The predicted molar refractivity (Wildman–Crippen MR) is 76.8 cm³/mol. The van der Waals surface area contributed by atoms with Crippen molar-refractivity contribution in [3.05, 3.63) is 64.7 Å². The van der Waals surface area contributed by atoms with Crippen LogP contribution in [-0.4, -0.2) is 12.4 Å². The van der Waals surface area contributed by atoms with Gasteiger partial charge < -0.3 is 4.74 Å². The lowest BCUT2D eigenvalue weighted by molar-refractivity contribution is -0.120. The number of Topliss-reactive ketones (excluding diaryl/α,β-unsaturated/α-hetero) is 1. The molecule has 2 aromatic rings. The van der Waals surface area contributed by atoms with Crippen LogP contribution in [0.25, 0.3) is 0 Å². The summed E-state index contributed by atoms with van der Waals surface area (Å²) >= 11 is 5.96. The average molecular weight is 286 g/mol. The van der Waals surface area contributed by atoms with Gasteiger partial charge in [-0.05, 0) is 23.8 Å². The first-order chi connectivity index (χ1) is 9.69. The Morgan fingerprint density at radius 3 is 2.60 bits per heavy atom. The van der Waals surface area contributed by atoms with E-state index in [2.05, 4.69) is 0 Å². The van der Waals surface area contributed by atoms with Crippen molar-refractivity contribution in [1.82, 2.24) is 0 Å². The molecule has 0 atom stereocenters. The minimum atomic E-state index is -0.0412. The molecule has 0 spiro atoms. The van der Waals surface area contributed by atoms with Gasteiger partial charge in [-0.25, -0.2) is 0 Å². The summed E-state index contributed by atoms with van der Waals surface area (Å²) in [7, 11) is 0. The van der Waals surface area contributed by atoms with E-state index in [1.54, 1.807) is 12.1 Å². The maximum Gasteiger partial charge on any atom is 0.174 e. The number of halogens is 1. The van der Waals surface area contributed by atoms with Crippen LogP contribution >= 0.6 is 11.6 Å². The number of rotatable bonds is 5. The van der Waals surface area contributed by atoms with Gasteiger partial charge in [0.2, 0.25) is 0 Å². The molecule has 0 unspecified atom stereocenters. The molecule has 0 amide bonds. The van der Waals surface area contributed by atoms with E-state index < -0.39 is 0 Å². The summed E-state index contributed by atoms with van der Waals surface area (Å²) in [6.07, 6.45) is 0.328. The van der Waals surface area contributed by atoms with Gasteiger partial charge in [0.05, 0.1) is 16.7 Å². The van der Waals surface area contributed by atoms with Gasteiger partial charge in [0.15, 0.2) is 5.78 Å². The van der Waals surface area contributed by atoms with Crippen LogP contribution in [0.1, 0.15) is 11.1 Å². The van der Waals surface area contributed by atoms with Crippen molar-refractivity contribution < 1.29 is 9.53 Å². The van der Waals surface area contributed by atoms with Gasteiger partial charge in [-0.15, -0.1) is 0 Å². The predicted octanol–water partition coefficient (Wildman–Crippen LogP) is 3.40. The molecule has 4 heteroatoms. The maximum atomic E-state index is 11.8. The van der Waals surface area contributed by atoms with Crippen molar-refractivity contribution in [2.75, 3.05) is 6.61 Å². The van der Waals surface area contributed by atoms with Crippen LogP contribution in [0, 0.1) is 11.3 Å². The SMILES string of the molecule is N#Cc1ccc(OCC(=O)Cc2ccccc2)c(Cl)c1. The monoisotopic (exact) mass is 285 g/mol. The first-order valence-electron chi connectivity index (χ1n) is 6.07. The van der Waals surface area contributed by atoms with Crippen LogP contribution in [0.3, 0.4) is 0 Å². The number of hydrogen-bond donors (Lipinski definition) is 0. The molecule has 3 nitrogen and oxygen atoms in total. The smallest absolute Gasteiger partial charge is 0.174 e. The number of hydrogen-bond acceptors (Lipinski definition) is 3. The summed E-state index contributed by atoms with van der Waals surface area (Å²) in [5.74, 6) is 0.378. The van der Waals surface area contributed by atoms with Gasteiger partial charge >= 0.3 is 0 Å². The molecule has 0 heterocycles. The summed E-state index contributed by atoms with van der Waals surface area (Å²) in [6, 6.07) is 16.2. The Kier molecular flexibility index (Phi) is 4.75. The Morgan fingerprint density at radius 1 is 1.20 bits per heavy atom. The van der Waals surface area contributed by atoms with Gasteiger partial charge in [0.25, 0.3) is 0 Å². The fraction of sp³-hybridized carbons (Fsp3) is 0.125. The van der Waals surface area contributed by atoms with Gasteiger partial charge in [0, 0.05) is 6.42 Å². The number of nitrogens with zero attached hydrogens (tertiary/aromatic N) is 1. The molecular weight excluding hydrogens is 274 g/mol. The zero-order valence-electron chi connectivity index (χ0n) is 10.7. The van der Waals surface area contributed by atoms with E-state index in [1.165, 1.54) is 6.07 Å². The van der Waals surface area contributed by atoms with Crippen molar-refractivity contribution in [2.45, 2.75) is 6.42 Å². The molecule has 0 saturated heterocycles. The van der Waals surface area contributed by atoms with Gasteiger partial charge in [-0.3, -0.25) is 4.79 Å². The van der Waals surface area contributed by atoms with Gasteiger partial charge in [-0.2, -0.15) is 5.26 Å². The number of ketones is 1. The minimum absolute atomic E-state index is 0.0309. The van der Waals surface area contributed by atoms with E-state index >= 15 is 0 Å². The Morgan fingerprint density at radius 2 is 1.95 bits per heavy atom. The quantitative estimate of drug-likeness (QED) is 0.846. The van der Waals surface area contributed by atoms with E-state index in [-0.39, 0.29) is 12.4 Å². The van der Waals surface area contributed by atoms with Crippen LogP contribution < -0.4 is 4.74 Å². The van der Waals surface area contributed by atoms with E-state index in [9.17, 15) is 4.79 Å². The molecule has 0 fully saturated rings. The van der Waals surface area contributed by atoms with Gasteiger partial charge in [0.1, 0.15) is 12.4 Å². The molecular formula is C16H12ClNO2. The summed E-state index contributed by atoms with van der Waals surface area (Å²) < 4.78 is 5.38. The van der Waals surface area contributed by atoms with Crippen LogP contribution in [0.2, 0.25) is 5.02 Å². The molecule has 2 rings (SSSR count). The number of ether oxygens (including phenoxy) is 1. The Labute approximate surface area is 122 Å². The fourth-order valence-electron chi connectivity index (χ4n) is 1.72. The number of benzene rings is 2. The molecule has 0 aliphatic carbocycles. The van der Waals surface area contributed by atoms with Crippen LogP contribution in [0.15, 0.2) is 48.5 Å². The highest BCUT2D eigenvalue weighted by molar-refractivity contribution is 6.32. The lowest BCUT2D eigenvalue weighted by Crippen LogP contribution is -2.13. The van der Waals surface area contributed by atoms with Crippen molar-refractivity contribution in [3.8, 4) is 11.8 Å². The second kappa shape index (κ2) is 6.74. The zero-order valence-corrected chi connectivity index (χ0v) is 11.4. The van der Waals surface area contributed by atoms with Gasteiger partial charge in [-0.1, -0.05) is 41.9 Å². The topological polar surface area (TPSA) is 50.1 Å². The molecule has 2 aromatic carbocycles. The largest absolute Gasteiger partial charge is 0.484 e. The Bertz CT molecular complexity index is 647. The molecule has 20 heavy (non-hydrogen) atoms. The van der Waals surface area contributed by atoms with E-state index in [1.807, 2.05) is 36.4 Å². The maximum absolute atomic E-state index is 11.8. The molecule has 0 aromatic heterocycles. The molecule has 0 aliphatic heterocycles. The third-order valence-electron chi connectivity index (χ3n) is 2.69. The highest BCUT2D eigenvalue weighted by Gasteiger charge is 2.07. The third-order valence-corrected chi connectivity index (χ3v) is 2.99. The van der Waals surface area contributed by atoms with E-state index in [0.717, 1.165) is 5.56 Å². The highest BCUT2D eigenvalue weighted by atomic mass is 35.5. The highest BCUT2D eigenvalue weighted by Crippen LogP contribution is 2.25. The van der Waals surface area contributed by atoms with Crippen molar-refractivity contribution in [1.29, 1.82) is 5.26 Å². The second-order valence-electron chi connectivity index (χ2n) is 4.25. The summed E-state index contributed by atoms with van der Waals surface area (Å²) in [6.45, 7) is -0.0412. The third kappa shape index (κ3) is 3.84. The van der Waals surface area contributed by atoms with Crippen LogP contribution in [0.5, 0.6) is 5.75 Å². The second-order valence-corrected chi connectivity index (χ2v) is 4.65. The average Bonchev–Trinajstić information content (AvgIpc) is 2.47. The summed E-state index contributed by atoms with van der Waals surface area (Å²) in [5, 5.41) is 9.06. The molecule has 100 valence electrons. The molecule has 0 saturated carbocycles. The number of carbonyl (C=O) groups is 1. The standard InChI is InChI=1S/C16H12ClNO2/c17-15-9-13(10-18)6-7-16(15)20-11-14(19)8-12-4-2-1-3-5-12/h1-7,9H,8,11H2. The first-order valence-corrected chi connectivity index (χ1v) is 6.45. The van der Waals surface area contributed by atoms with Crippen LogP contribution in [0.4, 0.5) is 0 Å². The first kappa shape index (κ1) is 14.1. The lowest BCUT2D eigenvalue weighted by atomic mass is 10.1.